The van der Waals surface area contributed by atoms with Gasteiger partial charge in [-0.15, -0.1) is 0 Å². The molecule has 1 aromatic heterocycles. The summed E-state index contributed by atoms with van der Waals surface area (Å²) in [5.41, 5.74) is 6.99. The molecule has 0 saturated carbocycles. The van der Waals surface area contributed by atoms with Crippen molar-refractivity contribution in [2.45, 2.75) is 27.3 Å². The van der Waals surface area contributed by atoms with Crippen LogP contribution in [0.4, 0.5) is 0 Å². The number of nitrogens with one attached hydrogen (secondary N) is 1. The van der Waals surface area contributed by atoms with Crippen LogP contribution in [-0.4, -0.2) is 24.0 Å². The van der Waals surface area contributed by atoms with Gasteiger partial charge >= 0.3 is 0 Å². The van der Waals surface area contributed by atoms with Crippen molar-refractivity contribution in [3.05, 3.63) is 23.5 Å². The molecule has 1 atom stereocenters. The Morgan fingerprint density at radius 2 is 2.28 bits per heavy atom. The number of amides is 1. The van der Waals surface area contributed by atoms with Crippen LogP contribution in [0, 0.1) is 12.8 Å². The number of nitrogens with zero attached hydrogens (tertiary/aromatic N) is 1. The first kappa shape index (κ1) is 14.4. The number of nitrogens with two attached hydrogens (primary N) is 1. The molecule has 1 rings (SSSR count). The second-order valence-electron chi connectivity index (χ2n) is 4.29. The minimum Gasteiger partial charge on any atom is -0.491 e. The van der Waals surface area contributed by atoms with Crippen molar-refractivity contribution in [1.82, 2.24) is 10.3 Å². The Morgan fingerprint density at radius 3 is 2.89 bits per heavy atom. The molecule has 0 aliphatic carbocycles. The molecule has 0 aromatic carbocycles. The molecular formula is C13H21N3O2. The summed E-state index contributed by atoms with van der Waals surface area (Å²) in [5.74, 6) is 0.0382. The van der Waals surface area contributed by atoms with Crippen LogP contribution in [0.5, 0.6) is 5.75 Å². The fraction of sp³-hybridized carbons (Fsp3) is 0.538. The van der Waals surface area contributed by atoms with E-state index in [4.69, 9.17) is 10.5 Å². The second-order valence-corrected chi connectivity index (χ2v) is 4.29. The van der Waals surface area contributed by atoms with Gasteiger partial charge in [0, 0.05) is 12.2 Å². The number of aryl methyl sites for hydroxylation is 1. The van der Waals surface area contributed by atoms with Crippen molar-refractivity contribution in [2.75, 3.05) is 13.2 Å². The van der Waals surface area contributed by atoms with E-state index in [9.17, 15) is 4.79 Å². The van der Waals surface area contributed by atoms with E-state index in [-0.39, 0.29) is 18.4 Å². The average molecular weight is 251 g/mol. The molecule has 0 bridgehead atoms. The third-order valence-electron chi connectivity index (χ3n) is 2.59. The largest absolute Gasteiger partial charge is 0.491 e. The van der Waals surface area contributed by atoms with Gasteiger partial charge in [-0.1, -0.05) is 13.8 Å². The van der Waals surface area contributed by atoms with Crippen molar-refractivity contribution < 1.29 is 9.53 Å². The molecule has 5 nitrogen and oxygen atoms in total. The van der Waals surface area contributed by atoms with E-state index < -0.39 is 0 Å². The standard InChI is InChI=1S/C13H21N3O2/c1-4-15-7-11-12(6-5-10(3)16-11)18-8-9(2)13(14)17/h5-6,9,15H,4,7-8H2,1-3H3,(H2,14,17). The van der Waals surface area contributed by atoms with Crippen molar-refractivity contribution in [3.8, 4) is 5.75 Å². The summed E-state index contributed by atoms with van der Waals surface area (Å²) in [6, 6.07) is 3.77. The van der Waals surface area contributed by atoms with Gasteiger partial charge in [-0.25, -0.2) is 0 Å². The maximum atomic E-state index is 10.9. The highest BCUT2D eigenvalue weighted by atomic mass is 16.5. The smallest absolute Gasteiger partial charge is 0.223 e. The average Bonchev–Trinajstić information content (AvgIpc) is 2.34. The molecule has 0 aliphatic rings. The first-order valence-electron chi connectivity index (χ1n) is 6.14. The van der Waals surface area contributed by atoms with Crippen molar-refractivity contribution in [1.29, 1.82) is 0 Å². The molecule has 0 fully saturated rings. The third-order valence-corrected chi connectivity index (χ3v) is 2.59. The fourth-order valence-electron chi connectivity index (χ4n) is 1.40. The fourth-order valence-corrected chi connectivity index (χ4v) is 1.40. The second kappa shape index (κ2) is 6.96. The van der Waals surface area contributed by atoms with Crippen LogP contribution in [0.15, 0.2) is 12.1 Å². The lowest BCUT2D eigenvalue weighted by atomic mass is 10.2. The van der Waals surface area contributed by atoms with Crippen LogP contribution in [0.2, 0.25) is 0 Å². The maximum Gasteiger partial charge on any atom is 0.223 e. The minimum absolute atomic E-state index is 0.277. The molecular weight excluding hydrogens is 230 g/mol. The number of pyridine rings is 1. The van der Waals surface area contributed by atoms with Crippen LogP contribution in [0.1, 0.15) is 25.2 Å². The summed E-state index contributed by atoms with van der Waals surface area (Å²) in [6.07, 6.45) is 0. The van der Waals surface area contributed by atoms with E-state index >= 15 is 0 Å². The van der Waals surface area contributed by atoms with Gasteiger partial charge in [-0.05, 0) is 25.6 Å². The zero-order valence-electron chi connectivity index (χ0n) is 11.2. The topological polar surface area (TPSA) is 77.2 Å². The molecule has 1 unspecified atom stereocenters. The number of aromatic nitrogens is 1. The quantitative estimate of drug-likeness (QED) is 0.758. The number of hydrogen-bond acceptors (Lipinski definition) is 4. The molecule has 18 heavy (non-hydrogen) atoms. The summed E-state index contributed by atoms with van der Waals surface area (Å²) in [5, 5.41) is 3.21. The highest BCUT2D eigenvalue weighted by Crippen LogP contribution is 2.17. The van der Waals surface area contributed by atoms with Crippen LogP contribution < -0.4 is 15.8 Å². The Bertz CT molecular complexity index is 407. The molecule has 1 heterocycles. The van der Waals surface area contributed by atoms with Gasteiger partial charge < -0.3 is 15.8 Å². The number of primary amides is 1. The monoisotopic (exact) mass is 251 g/mol. The lowest BCUT2D eigenvalue weighted by molar-refractivity contribution is -0.122. The zero-order chi connectivity index (χ0) is 13.5. The van der Waals surface area contributed by atoms with E-state index in [2.05, 4.69) is 10.3 Å². The highest BCUT2D eigenvalue weighted by Gasteiger charge is 2.11. The number of carbonyl (C=O) groups excluding carboxylic acids is 1. The predicted molar refractivity (Wildman–Crippen MR) is 70.2 cm³/mol. The zero-order valence-corrected chi connectivity index (χ0v) is 11.2. The van der Waals surface area contributed by atoms with Gasteiger partial charge in [0.15, 0.2) is 0 Å². The Labute approximate surface area is 108 Å². The lowest BCUT2D eigenvalue weighted by Crippen LogP contribution is -2.26. The van der Waals surface area contributed by atoms with Crippen LogP contribution in [0.25, 0.3) is 0 Å². The van der Waals surface area contributed by atoms with Gasteiger partial charge in [0.05, 0.1) is 18.2 Å². The molecule has 3 N–H and O–H groups in total. The first-order valence-corrected chi connectivity index (χ1v) is 6.14. The molecule has 0 spiro atoms. The van der Waals surface area contributed by atoms with Gasteiger partial charge in [-0.3, -0.25) is 9.78 Å². The molecule has 100 valence electrons. The minimum atomic E-state index is -0.358. The van der Waals surface area contributed by atoms with Gasteiger partial charge in [-0.2, -0.15) is 0 Å². The van der Waals surface area contributed by atoms with Gasteiger partial charge in [0.1, 0.15) is 5.75 Å². The molecule has 5 heteroatoms. The van der Waals surface area contributed by atoms with E-state index in [0.29, 0.717) is 12.3 Å². The van der Waals surface area contributed by atoms with Gasteiger partial charge in [0.25, 0.3) is 0 Å². The summed E-state index contributed by atoms with van der Waals surface area (Å²) < 4.78 is 5.61. The molecule has 0 saturated heterocycles. The van der Waals surface area contributed by atoms with Crippen molar-refractivity contribution in [3.63, 3.8) is 0 Å². The number of rotatable bonds is 7. The third kappa shape index (κ3) is 4.33. The van der Waals surface area contributed by atoms with Crippen LogP contribution in [0.3, 0.4) is 0 Å². The van der Waals surface area contributed by atoms with E-state index in [1.165, 1.54) is 0 Å². The lowest BCUT2D eigenvalue weighted by Gasteiger charge is -2.13. The summed E-state index contributed by atoms with van der Waals surface area (Å²) in [6.45, 7) is 7.51. The molecule has 0 radical (unpaired) electrons. The Hall–Kier alpha value is -1.62. The predicted octanol–water partition coefficient (Wildman–Crippen LogP) is 1.000. The molecule has 0 aliphatic heterocycles. The maximum absolute atomic E-state index is 10.9. The normalized spacial score (nSPS) is 12.2. The summed E-state index contributed by atoms with van der Waals surface area (Å²) in [4.78, 5) is 15.4. The summed E-state index contributed by atoms with van der Waals surface area (Å²) in [7, 11) is 0. The van der Waals surface area contributed by atoms with E-state index in [1.54, 1.807) is 6.92 Å². The Kier molecular flexibility index (Phi) is 5.58. The number of carbonyl (C=O) groups is 1. The van der Waals surface area contributed by atoms with Gasteiger partial charge in [0.2, 0.25) is 5.91 Å². The Balaban J connectivity index is 2.71. The van der Waals surface area contributed by atoms with Crippen molar-refractivity contribution in [2.24, 2.45) is 11.7 Å². The first-order chi connectivity index (χ1) is 8.54. The van der Waals surface area contributed by atoms with E-state index in [0.717, 1.165) is 17.9 Å². The Morgan fingerprint density at radius 1 is 1.56 bits per heavy atom. The molecule has 1 amide bonds. The number of ether oxygens (including phenoxy) is 1. The van der Waals surface area contributed by atoms with Crippen LogP contribution in [-0.2, 0) is 11.3 Å². The SMILES string of the molecule is CCNCc1nc(C)ccc1OCC(C)C(N)=O. The molecule has 1 aromatic rings. The van der Waals surface area contributed by atoms with E-state index in [1.807, 2.05) is 26.0 Å². The number of hydrogen-bond donors (Lipinski definition) is 2. The van der Waals surface area contributed by atoms with Crippen LogP contribution >= 0.6 is 0 Å². The van der Waals surface area contributed by atoms with Crippen molar-refractivity contribution >= 4 is 5.91 Å². The summed E-state index contributed by atoms with van der Waals surface area (Å²) >= 11 is 0. The highest BCUT2D eigenvalue weighted by molar-refractivity contribution is 5.76.